The van der Waals surface area contributed by atoms with Crippen molar-refractivity contribution in [3.63, 3.8) is 0 Å². The summed E-state index contributed by atoms with van der Waals surface area (Å²) in [7, 11) is 0. The van der Waals surface area contributed by atoms with Crippen molar-refractivity contribution in [1.82, 2.24) is 9.97 Å². The lowest BCUT2D eigenvalue weighted by molar-refractivity contribution is 0.831. The summed E-state index contributed by atoms with van der Waals surface area (Å²) in [6, 6.07) is 0. The highest BCUT2D eigenvalue weighted by Gasteiger charge is 2.13. The number of rotatable bonds is 4. The molecule has 0 radical (unpaired) electrons. The summed E-state index contributed by atoms with van der Waals surface area (Å²) in [5.41, 5.74) is 1.25. The van der Waals surface area contributed by atoms with Crippen molar-refractivity contribution in [3.05, 3.63) is 15.7 Å². The third-order valence-electron chi connectivity index (χ3n) is 2.82. The van der Waals surface area contributed by atoms with Crippen LogP contribution in [-0.2, 0) is 0 Å². The Balaban J connectivity index is 2.44. The third-order valence-corrected chi connectivity index (χ3v) is 4.09. The van der Waals surface area contributed by atoms with Crippen molar-refractivity contribution in [2.45, 2.75) is 33.6 Å². The first-order chi connectivity index (χ1) is 8.13. The molecule has 0 aliphatic carbocycles. The number of thiophene rings is 1. The topological polar surface area (TPSA) is 37.8 Å². The first-order valence-electron chi connectivity index (χ1n) is 5.80. The minimum atomic E-state index is 0.317. The van der Waals surface area contributed by atoms with E-state index in [1.165, 1.54) is 10.4 Å². The van der Waals surface area contributed by atoms with Gasteiger partial charge in [0.1, 0.15) is 10.6 Å². The lowest BCUT2D eigenvalue weighted by Crippen LogP contribution is -2.04. The molecular weight excluding hydrogens is 254 g/mol. The van der Waals surface area contributed by atoms with Gasteiger partial charge in [-0.05, 0) is 37.4 Å². The highest BCUT2D eigenvalue weighted by molar-refractivity contribution is 7.18. The van der Waals surface area contributed by atoms with Crippen LogP contribution >= 0.6 is 22.9 Å². The van der Waals surface area contributed by atoms with Gasteiger partial charge in [-0.2, -0.15) is 0 Å². The molecule has 92 valence electrons. The fourth-order valence-electron chi connectivity index (χ4n) is 1.74. The molecule has 0 amide bonds. The molecule has 0 saturated heterocycles. The molecule has 2 aromatic rings. The van der Waals surface area contributed by atoms with Gasteiger partial charge in [0, 0.05) is 11.4 Å². The zero-order valence-electron chi connectivity index (χ0n) is 10.3. The highest BCUT2D eigenvalue weighted by Crippen LogP contribution is 2.33. The first kappa shape index (κ1) is 12.6. The third kappa shape index (κ3) is 2.53. The summed E-state index contributed by atoms with van der Waals surface area (Å²) < 4.78 is 0. The van der Waals surface area contributed by atoms with Crippen LogP contribution in [0.25, 0.3) is 10.2 Å². The average Bonchev–Trinajstić information content (AvgIpc) is 2.54. The van der Waals surface area contributed by atoms with Gasteiger partial charge in [0.2, 0.25) is 5.28 Å². The van der Waals surface area contributed by atoms with E-state index in [0.29, 0.717) is 5.28 Å². The molecular formula is C12H16ClN3S. The maximum atomic E-state index is 5.94. The summed E-state index contributed by atoms with van der Waals surface area (Å²) >= 11 is 7.61. The second-order valence-corrected chi connectivity index (χ2v) is 5.63. The summed E-state index contributed by atoms with van der Waals surface area (Å²) in [5.74, 6) is 0.871. The van der Waals surface area contributed by atoms with Gasteiger partial charge in [0.05, 0.1) is 5.39 Å². The second-order valence-electron chi connectivity index (χ2n) is 4.08. The van der Waals surface area contributed by atoms with Gasteiger partial charge in [-0.15, -0.1) is 11.3 Å². The molecule has 5 heteroatoms. The number of unbranched alkanes of at least 4 members (excludes halogenated alkanes) is 1. The van der Waals surface area contributed by atoms with Crippen LogP contribution in [0.3, 0.4) is 0 Å². The highest BCUT2D eigenvalue weighted by atomic mass is 35.5. The SMILES string of the molecule is CCCCNc1nc(Cl)nc2sc(C)c(C)c12. The Morgan fingerprint density at radius 1 is 1.29 bits per heavy atom. The minimum absolute atomic E-state index is 0.317. The number of aromatic nitrogens is 2. The van der Waals surface area contributed by atoms with Gasteiger partial charge < -0.3 is 5.32 Å². The van der Waals surface area contributed by atoms with Crippen LogP contribution in [-0.4, -0.2) is 16.5 Å². The van der Waals surface area contributed by atoms with Crippen molar-refractivity contribution in [1.29, 1.82) is 0 Å². The molecule has 0 aliphatic rings. The number of nitrogens with one attached hydrogen (secondary N) is 1. The predicted octanol–water partition coefficient (Wildman–Crippen LogP) is 4.17. The van der Waals surface area contributed by atoms with Crippen LogP contribution in [0.15, 0.2) is 0 Å². The number of fused-ring (bicyclic) bond motifs is 1. The van der Waals surface area contributed by atoms with Crippen molar-refractivity contribution in [2.24, 2.45) is 0 Å². The largest absolute Gasteiger partial charge is 0.369 e. The van der Waals surface area contributed by atoms with Crippen LogP contribution in [0.5, 0.6) is 0 Å². The molecule has 17 heavy (non-hydrogen) atoms. The van der Waals surface area contributed by atoms with Gasteiger partial charge in [-0.1, -0.05) is 13.3 Å². The summed E-state index contributed by atoms with van der Waals surface area (Å²) in [6.45, 7) is 7.30. The Labute approximate surface area is 110 Å². The molecule has 0 unspecified atom stereocenters. The number of nitrogens with zero attached hydrogens (tertiary/aromatic N) is 2. The number of anilines is 1. The zero-order chi connectivity index (χ0) is 12.4. The molecule has 2 heterocycles. The molecule has 0 aromatic carbocycles. The Bertz CT molecular complexity index is 536. The Morgan fingerprint density at radius 3 is 2.76 bits per heavy atom. The van der Waals surface area contributed by atoms with Crippen LogP contribution in [0.2, 0.25) is 5.28 Å². The predicted molar refractivity (Wildman–Crippen MR) is 75.3 cm³/mol. The lowest BCUT2D eigenvalue weighted by atomic mass is 10.2. The van der Waals surface area contributed by atoms with Crippen molar-refractivity contribution in [3.8, 4) is 0 Å². The van der Waals surface area contributed by atoms with Crippen molar-refractivity contribution >= 4 is 39.0 Å². The van der Waals surface area contributed by atoms with Gasteiger partial charge >= 0.3 is 0 Å². The van der Waals surface area contributed by atoms with E-state index >= 15 is 0 Å². The summed E-state index contributed by atoms with van der Waals surface area (Å²) in [5, 5.41) is 4.79. The fourth-order valence-corrected chi connectivity index (χ4v) is 2.98. The molecule has 2 rings (SSSR count). The average molecular weight is 270 g/mol. The fraction of sp³-hybridized carbons (Fsp3) is 0.500. The van der Waals surface area contributed by atoms with E-state index in [9.17, 15) is 0 Å². The molecule has 2 aromatic heterocycles. The molecule has 3 nitrogen and oxygen atoms in total. The van der Waals surface area contributed by atoms with Gasteiger partial charge in [-0.25, -0.2) is 9.97 Å². The molecule has 0 saturated carbocycles. The summed E-state index contributed by atoms with van der Waals surface area (Å²) in [4.78, 5) is 10.8. The van der Waals surface area contributed by atoms with E-state index in [1.807, 2.05) is 0 Å². The van der Waals surface area contributed by atoms with E-state index in [4.69, 9.17) is 11.6 Å². The number of halogens is 1. The lowest BCUT2D eigenvalue weighted by Gasteiger charge is -2.07. The Morgan fingerprint density at radius 2 is 2.06 bits per heavy atom. The van der Waals surface area contributed by atoms with E-state index in [0.717, 1.165) is 35.4 Å². The first-order valence-corrected chi connectivity index (χ1v) is 7.00. The molecule has 0 bridgehead atoms. The number of hydrogen-bond donors (Lipinski definition) is 1. The monoisotopic (exact) mass is 269 g/mol. The zero-order valence-corrected chi connectivity index (χ0v) is 11.9. The standard InChI is InChI=1S/C12H16ClN3S/c1-4-5-6-14-10-9-7(2)8(3)17-11(9)16-12(13)15-10/h4-6H2,1-3H3,(H,14,15,16). The normalized spacial score (nSPS) is 11.1. The van der Waals surface area contributed by atoms with Crippen LogP contribution < -0.4 is 5.32 Å². The van der Waals surface area contributed by atoms with E-state index < -0.39 is 0 Å². The van der Waals surface area contributed by atoms with Crippen molar-refractivity contribution < 1.29 is 0 Å². The molecule has 1 N–H and O–H groups in total. The molecule has 0 atom stereocenters. The van der Waals surface area contributed by atoms with E-state index in [1.54, 1.807) is 11.3 Å². The van der Waals surface area contributed by atoms with Gasteiger partial charge in [-0.3, -0.25) is 0 Å². The molecule has 0 spiro atoms. The Kier molecular flexibility index (Phi) is 3.84. The molecule has 0 fully saturated rings. The van der Waals surface area contributed by atoms with Gasteiger partial charge in [0.15, 0.2) is 0 Å². The number of aryl methyl sites for hydroxylation is 2. The van der Waals surface area contributed by atoms with Gasteiger partial charge in [0.25, 0.3) is 0 Å². The maximum absolute atomic E-state index is 5.94. The quantitative estimate of drug-likeness (QED) is 0.669. The van der Waals surface area contributed by atoms with E-state index in [2.05, 4.69) is 36.1 Å². The van der Waals surface area contributed by atoms with E-state index in [-0.39, 0.29) is 0 Å². The smallest absolute Gasteiger partial charge is 0.225 e. The number of hydrogen-bond acceptors (Lipinski definition) is 4. The maximum Gasteiger partial charge on any atom is 0.225 e. The Hall–Kier alpha value is -0.870. The van der Waals surface area contributed by atoms with Crippen LogP contribution in [0.1, 0.15) is 30.2 Å². The minimum Gasteiger partial charge on any atom is -0.369 e. The summed E-state index contributed by atoms with van der Waals surface area (Å²) in [6.07, 6.45) is 2.29. The van der Waals surface area contributed by atoms with Crippen LogP contribution in [0, 0.1) is 13.8 Å². The van der Waals surface area contributed by atoms with Crippen molar-refractivity contribution in [2.75, 3.05) is 11.9 Å². The molecule has 0 aliphatic heterocycles. The second kappa shape index (κ2) is 5.19. The van der Waals surface area contributed by atoms with Crippen LogP contribution in [0.4, 0.5) is 5.82 Å².